The van der Waals surface area contributed by atoms with Crippen LogP contribution in [0, 0.1) is 0 Å². The van der Waals surface area contributed by atoms with Crippen LogP contribution < -0.4 is 14.8 Å². The Bertz CT molecular complexity index is 1290. The second-order valence-corrected chi connectivity index (χ2v) is 7.48. The van der Waals surface area contributed by atoms with E-state index >= 15 is 0 Å². The molecular formula is C23H17F3N4O3. The Morgan fingerprint density at radius 3 is 2.70 bits per heavy atom. The number of nitrogens with one attached hydrogen (secondary N) is 1. The van der Waals surface area contributed by atoms with Crippen LogP contribution in [0.2, 0.25) is 0 Å². The standard InChI is InChI=1S/C23H17F3N4O3/c24-23(25,26)33-17-8-6-15(7-9-17)22(10-13-32-19-5-3-11-27-20(19)22)28-21(31)18-14-16-4-1-2-12-30(16)29-18/h1-9,11-12,14H,10,13H2,(H,28,31). The van der Waals surface area contributed by atoms with Gasteiger partial charge in [-0.15, -0.1) is 13.2 Å². The second kappa shape index (κ2) is 7.80. The minimum Gasteiger partial charge on any atom is -0.491 e. The highest BCUT2D eigenvalue weighted by atomic mass is 19.4. The van der Waals surface area contributed by atoms with Gasteiger partial charge in [-0.1, -0.05) is 18.2 Å². The fraction of sp³-hybridized carbons (Fsp3) is 0.174. The first-order valence-corrected chi connectivity index (χ1v) is 10.1. The number of ether oxygens (including phenoxy) is 2. The molecule has 1 aromatic carbocycles. The molecule has 1 atom stereocenters. The van der Waals surface area contributed by atoms with Gasteiger partial charge in [-0.2, -0.15) is 5.10 Å². The first kappa shape index (κ1) is 20.8. The SMILES string of the molecule is O=C(NC1(c2ccc(OC(F)(F)F)cc2)CCOc2cccnc21)c1cc2ccccn2n1. The number of benzene rings is 1. The van der Waals surface area contributed by atoms with E-state index in [1.54, 1.807) is 41.2 Å². The average Bonchev–Trinajstić information content (AvgIpc) is 3.23. The van der Waals surface area contributed by atoms with Crippen molar-refractivity contribution in [3.05, 3.63) is 90.0 Å². The van der Waals surface area contributed by atoms with Crippen LogP contribution in [0.1, 0.15) is 28.2 Å². The van der Waals surface area contributed by atoms with E-state index in [1.807, 2.05) is 12.1 Å². The number of rotatable bonds is 4. The molecule has 0 spiro atoms. The van der Waals surface area contributed by atoms with Crippen molar-refractivity contribution >= 4 is 11.4 Å². The van der Waals surface area contributed by atoms with Gasteiger partial charge >= 0.3 is 6.36 Å². The van der Waals surface area contributed by atoms with Crippen LogP contribution >= 0.6 is 0 Å². The van der Waals surface area contributed by atoms with Gasteiger partial charge in [-0.3, -0.25) is 9.78 Å². The van der Waals surface area contributed by atoms with E-state index in [2.05, 4.69) is 20.1 Å². The van der Waals surface area contributed by atoms with E-state index in [1.165, 1.54) is 24.3 Å². The van der Waals surface area contributed by atoms with Gasteiger partial charge in [-0.25, -0.2) is 4.52 Å². The van der Waals surface area contributed by atoms with Gasteiger partial charge in [-0.05, 0) is 48.0 Å². The lowest BCUT2D eigenvalue weighted by Gasteiger charge is -2.38. The minimum absolute atomic E-state index is 0.196. The highest BCUT2D eigenvalue weighted by Gasteiger charge is 2.43. The molecule has 1 amide bonds. The van der Waals surface area contributed by atoms with Gasteiger partial charge < -0.3 is 14.8 Å². The van der Waals surface area contributed by atoms with Crippen molar-refractivity contribution in [2.75, 3.05) is 6.61 Å². The number of halogens is 3. The molecule has 0 bridgehead atoms. The van der Waals surface area contributed by atoms with E-state index < -0.39 is 17.8 Å². The topological polar surface area (TPSA) is 77.8 Å². The highest BCUT2D eigenvalue weighted by molar-refractivity contribution is 5.94. The summed E-state index contributed by atoms with van der Waals surface area (Å²) in [5, 5.41) is 7.35. The maximum absolute atomic E-state index is 13.3. The van der Waals surface area contributed by atoms with Gasteiger partial charge in [0, 0.05) is 18.8 Å². The Kier molecular flexibility index (Phi) is 4.92. The second-order valence-electron chi connectivity index (χ2n) is 7.48. The Hall–Kier alpha value is -4.08. The molecule has 0 radical (unpaired) electrons. The maximum atomic E-state index is 13.3. The lowest BCUT2D eigenvalue weighted by atomic mass is 9.81. The van der Waals surface area contributed by atoms with Crippen LogP contribution in [-0.4, -0.2) is 33.5 Å². The number of nitrogens with zero attached hydrogens (tertiary/aromatic N) is 3. The third kappa shape index (κ3) is 3.95. The van der Waals surface area contributed by atoms with Crippen LogP contribution in [0.3, 0.4) is 0 Å². The zero-order valence-corrected chi connectivity index (χ0v) is 17.0. The summed E-state index contributed by atoms with van der Waals surface area (Å²) in [7, 11) is 0. The van der Waals surface area contributed by atoms with E-state index in [4.69, 9.17) is 4.74 Å². The summed E-state index contributed by atoms with van der Waals surface area (Å²) in [6, 6.07) is 15.9. The number of hydrogen-bond acceptors (Lipinski definition) is 5. The fourth-order valence-electron chi connectivity index (χ4n) is 3.98. The number of carbonyl (C=O) groups is 1. The average molecular weight is 454 g/mol. The molecule has 4 aromatic rings. The summed E-state index contributed by atoms with van der Waals surface area (Å²) < 4.78 is 49.1. The van der Waals surface area contributed by atoms with Crippen LogP contribution in [-0.2, 0) is 5.54 Å². The maximum Gasteiger partial charge on any atom is 0.573 e. The van der Waals surface area contributed by atoms with Crippen molar-refractivity contribution in [2.24, 2.45) is 0 Å². The monoisotopic (exact) mass is 454 g/mol. The van der Waals surface area contributed by atoms with Crippen molar-refractivity contribution in [2.45, 2.75) is 18.3 Å². The van der Waals surface area contributed by atoms with Gasteiger partial charge in [0.2, 0.25) is 0 Å². The van der Waals surface area contributed by atoms with Crippen LogP contribution in [0.4, 0.5) is 13.2 Å². The van der Waals surface area contributed by atoms with Gasteiger partial charge in [0.25, 0.3) is 5.91 Å². The molecule has 3 aromatic heterocycles. The van der Waals surface area contributed by atoms with Crippen LogP contribution in [0.5, 0.6) is 11.5 Å². The van der Waals surface area contributed by atoms with E-state index in [0.29, 0.717) is 23.4 Å². The number of hydrogen-bond donors (Lipinski definition) is 1. The number of carbonyl (C=O) groups excluding carboxylic acids is 1. The Labute approximate surface area is 185 Å². The lowest BCUT2D eigenvalue weighted by Crippen LogP contribution is -2.50. The lowest BCUT2D eigenvalue weighted by molar-refractivity contribution is -0.274. The summed E-state index contributed by atoms with van der Waals surface area (Å²) in [6.45, 7) is 0.269. The minimum atomic E-state index is -4.80. The van der Waals surface area contributed by atoms with E-state index in [-0.39, 0.29) is 18.1 Å². The van der Waals surface area contributed by atoms with Crippen LogP contribution in [0.25, 0.3) is 5.52 Å². The van der Waals surface area contributed by atoms with Crippen molar-refractivity contribution in [1.82, 2.24) is 19.9 Å². The molecule has 168 valence electrons. The van der Waals surface area contributed by atoms with E-state index in [9.17, 15) is 18.0 Å². The predicted molar refractivity (Wildman–Crippen MR) is 111 cm³/mol. The molecule has 0 saturated carbocycles. The fourth-order valence-corrected chi connectivity index (χ4v) is 3.98. The van der Waals surface area contributed by atoms with Crippen molar-refractivity contribution in [1.29, 1.82) is 0 Å². The smallest absolute Gasteiger partial charge is 0.491 e. The molecule has 1 aliphatic rings. The molecule has 1 N–H and O–H groups in total. The molecular weight excluding hydrogens is 437 g/mol. The van der Waals surface area contributed by atoms with Crippen molar-refractivity contribution in [3.63, 3.8) is 0 Å². The first-order chi connectivity index (χ1) is 15.8. The number of aromatic nitrogens is 3. The zero-order valence-electron chi connectivity index (χ0n) is 17.0. The molecule has 1 aliphatic heterocycles. The third-order valence-corrected chi connectivity index (χ3v) is 5.42. The van der Waals surface area contributed by atoms with E-state index in [0.717, 1.165) is 5.52 Å². The first-order valence-electron chi connectivity index (χ1n) is 10.1. The molecule has 1 unspecified atom stereocenters. The number of amides is 1. The summed E-state index contributed by atoms with van der Waals surface area (Å²) >= 11 is 0. The third-order valence-electron chi connectivity index (χ3n) is 5.42. The summed E-state index contributed by atoms with van der Waals surface area (Å²) in [5.41, 5.74) is 0.797. The quantitative estimate of drug-likeness (QED) is 0.503. The number of alkyl halides is 3. The summed E-state index contributed by atoms with van der Waals surface area (Å²) in [6.07, 6.45) is -1.19. The highest BCUT2D eigenvalue weighted by Crippen LogP contribution is 2.41. The van der Waals surface area contributed by atoms with Crippen LogP contribution in [0.15, 0.2) is 73.1 Å². The molecule has 0 aliphatic carbocycles. The molecule has 7 nitrogen and oxygen atoms in total. The molecule has 4 heterocycles. The number of fused-ring (bicyclic) bond motifs is 2. The zero-order chi connectivity index (χ0) is 23.1. The molecule has 10 heteroatoms. The molecule has 33 heavy (non-hydrogen) atoms. The summed E-state index contributed by atoms with van der Waals surface area (Å²) in [5.74, 6) is -0.330. The Balaban J connectivity index is 1.56. The predicted octanol–water partition coefficient (Wildman–Crippen LogP) is 4.08. The molecule has 0 saturated heterocycles. The number of pyridine rings is 2. The summed E-state index contributed by atoms with van der Waals surface area (Å²) in [4.78, 5) is 17.7. The molecule has 5 rings (SSSR count). The largest absolute Gasteiger partial charge is 0.573 e. The van der Waals surface area contributed by atoms with Gasteiger partial charge in [0.05, 0.1) is 12.1 Å². The van der Waals surface area contributed by atoms with Gasteiger partial charge in [0.1, 0.15) is 22.7 Å². The Morgan fingerprint density at radius 2 is 1.94 bits per heavy atom. The normalized spacial score (nSPS) is 17.8. The molecule has 0 fully saturated rings. The van der Waals surface area contributed by atoms with Crippen molar-refractivity contribution < 1.29 is 27.4 Å². The Morgan fingerprint density at radius 1 is 1.12 bits per heavy atom. The van der Waals surface area contributed by atoms with Crippen molar-refractivity contribution in [3.8, 4) is 11.5 Å². The van der Waals surface area contributed by atoms with Gasteiger partial charge in [0.15, 0.2) is 5.69 Å².